The molecule has 8 heteroatoms. The zero-order valence-electron chi connectivity index (χ0n) is 14.9. The normalized spacial score (nSPS) is 10.4. The van der Waals surface area contributed by atoms with Crippen LogP contribution in [0, 0.1) is 0 Å². The summed E-state index contributed by atoms with van der Waals surface area (Å²) >= 11 is 0. The number of nitrogens with one attached hydrogen (secondary N) is 1. The van der Waals surface area contributed by atoms with Crippen LogP contribution in [0.4, 0.5) is 0 Å². The molecule has 1 amide bonds. The summed E-state index contributed by atoms with van der Waals surface area (Å²) in [6.07, 6.45) is 1.47. The molecule has 0 radical (unpaired) electrons. The summed E-state index contributed by atoms with van der Waals surface area (Å²) in [6, 6.07) is 11.9. The molecule has 2 rings (SSSR count). The predicted octanol–water partition coefficient (Wildman–Crippen LogP) is 0.525. The van der Waals surface area contributed by atoms with Crippen LogP contribution in [0.1, 0.15) is 11.1 Å². The van der Waals surface area contributed by atoms with Gasteiger partial charge in [-0.1, -0.05) is 18.2 Å². The number of hydrogen-bond acceptors (Lipinski definition) is 7. The Morgan fingerprint density at radius 3 is 2.52 bits per heavy atom. The van der Waals surface area contributed by atoms with Gasteiger partial charge in [0.05, 0.1) is 32.8 Å². The standard InChI is InChI=1S/C19H20N2O6/c1-25-16-8-7-13(9-17(16)26-2)10-18(22)21-20-11-14-5-3-4-6-15(14)27-12-19(23)24/h3-9,11H,10,12H2,1-2H3,(H,21,22)(H,23,24)/p-1/b20-11-. The van der Waals surface area contributed by atoms with Crippen molar-refractivity contribution >= 4 is 18.1 Å². The molecule has 0 fully saturated rings. The van der Waals surface area contributed by atoms with E-state index in [9.17, 15) is 14.7 Å². The number of rotatable bonds is 9. The van der Waals surface area contributed by atoms with Gasteiger partial charge in [-0.25, -0.2) is 5.43 Å². The lowest BCUT2D eigenvalue weighted by molar-refractivity contribution is -0.307. The molecule has 0 heterocycles. The van der Waals surface area contributed by atoms with E-state index in [1.165, 1.54) is 20.4 Å². The summed E-state index contributed by atoms with van der Waals surface area (Å²) < 4.78 is 15.5. The van der Waals surface area contributed by atoms with E-state index >= 15 is 0 Å². The number of hydrazone groups is 1. The third-order valence-corrected chi connectivity index (χ3v) is 3.47. The van der Waals surface area contributed by atoms with Crippen LogP contribution in [0.5, 0.6) is 17.2 Å². The highest BCUT2D eigenvalue weighted by Gasteiger charge is 2.08. The number of amides is 1. The van der Waals surface area contributed by atoms with Crippen molar-refractivity contribution in [3.8, 4) is 17.2 Å². The van der Waals surface area contributed by atoms with Gasteiger partial charge < -0.3 is 24.1 Å². The van der Waals surface area contributed by atoms with Gasteiger partial charge in [0.25, 0.3) is 0 Å². The summed E-state index contributed by atoms with van der Waals surface area (Å²) in [4.78, 5) is 22.5. The fraction of sp³-hybridized carbons (Fsp3) is 0.211. The number of carboxylic acids is 1. The van der Waals surface area contributed by atoms with E-state index in [4.69, 9.17) is 14.2 Å². The molecule has 0 spiro atoms. The molecule has 0 aliphatic rings. The lowest BCUT2D eigenvalue weighted by Crippen LogP contribution is -2.29. The average molecular weight is 371 g/mol. The molecular weight excluding hydrogens is 352 g/mol. The van der Waals surface area contributed by atoms with Crippen molar-refractivity contribution in [2.45, 2.75) is 6.42 Å². The molecule has 0 aromatic heterocycles. The first kappa shape index (κ1) is 19.8. The van der Waals surface area contributed by atoms with E-state index in [0.29, 0.717) is 22.8 Å². The number of carboxylic acid groups (broad SMARTS) is 1. The molecule has 0 aliphatic heterocycles. The van der Waals surface area contributed by atoms with Gasteiger partial charge in [0.1, 0.15) is 12.4 Å². The van der Waals surface area contributed by atoms with Gasteiger partial charge in [-0.05, 0) is 29.8 Å². The van der Waals surface area contributed by atoms with Gasteiger partial charge in [-0.2, -0.15) is 5.10 Å². The largest absolute Gasteiger partial charge is 0.546 e. The first-order valence-corrected chi connectivity index (χ1v) is 7.98. The molecule has 0 unspecified atom stereocenters. The van der Waals surface area contributed by atoms with Crippen LogP contribution in [0.15, 0.2) is 47.6 Å². The zero-order valence-corrected chi connectivity index (χ0v) is 14.9. The number of aliphatic carboxylic acids is 1. The molecule has 2 aromatic carbocycles. The number of hydrogen-bond donors (Lipinski definition) is 1. The first-order valence-electron chi connectivity index (χ1n) is 7.98. The maximum Gasteiger partial charge on any atom is 0.244 e. The molecule has 2 aromatic rings. The van der Waals surface area contributed by atoms with Gasteiger partial charge >= 0.3 is 0 Å². The Morgan fingerprint density at radius 1 is 1.07 bits per heavy atom. The summed E-state index contributed by atoms with van der Waals surface area (Å²) in [5, 5.41) is 14.4. The van der Waals surface area contributed by atoms with Crippen molar-refractivity contribution < 1.29 is 28.9 Å². The topological polar surface area (TPSA) is 109 Å². The molecule has 0 saturated carbocycles. The molecule has 0 saturated heterocycles. The van der Waals surface area contributed by atoms with Crippen molar-refractivity contribution in [2.75, 3.05) is 20.8 Å². The summed E-state index contributed by atoms with van der Waals surface area (Å²) in [7, 11) is 3.05. The minimum atomic E-state index is -1.33. The Morgan fingerprint density at radius 2 is 1.81 bits per heavy atom. The number of carbonyl (C=O) groups is 2. The molecular formula is C19H19N2O6-. The maximum absolute atomic E-state index is 12.0. The zero-order chi connectivity index (χ0) is 19.6. The quantitative estimate of drug-likeness (QED) is 0.509. The number of para-hydroxylation sites is 1. The average Bonchev–Trinajstić information content (AvgIpc) is 2.67. The Kier molecular flexibility index (Phi) is 7.18. The minimum absolute atomic E-state index is 0.0977. The van der Waals surface area contributed by atoms with Crippen LogP contribution >= 0.6 is 0 Å². The molecule has 8 nitrogen and oxygen atoms in total. The van der Waals surface area contributed by atoms with Crippen molar-refractivity contribution in [1.29, 1.82) is 0 Å². The summed E-state index contributed by atoms with van der Waals surface area (Å²) in [5.41, 5.74) is 3.66. The Balaban J connectivity index is 1.97. The van der Waals surface area contributed by atoms with Crippen molar-refractivity contribution in [1.82, 2.24) is 5.43 Å². The van der Waals surface area contributed by atoms with Crippen LogP contribution in [-0.2, 0) is 16.0 Å². The second-order valence-electron chi connectivity index (χ2n) is 5.36. The highest BCUT2D eigenvalue weighted by molar-refractivity contribution is 5.85. The smallest absolute Gasteiger partial charge is 0.244 e. The fourth-order valence-corrected chi connectivity index (χ4v) is 2.24. The Bertz CT molecular complexity index is 835. The van der Waals surface area contributed by atoms with Crippen LogP contribution in [-0.4, -0.2) is 38.9 Å². The lowest BCUT2D eigenvalue weighted by atomic mass is 10.1. The van der Waals surface area contributed by atoms with Crippen LogP contribution in [0.25, 0.3) is 0 Å². The molecule has 0 atom stereocenters. The van der Waals surface area contributed by atoms with E-state index in [2.05, 4.69) is 10.5 Å². The summed E-state index contributed by atoms with van der Waals surface area (Å²) in [6.45, 7) is -0.573. The number of nitrogens with zero attached hydrogens (tertiary/aromatic N) is 1. The van der Waals surface area contributed by atoms with Crippen LogP contribution in [0.2, 0.25) is 0 Å². The highest BCUT2D eigenvalue weighted by Crippen LogP contribution is 2.27. The lowest BCUT2D eigenvalue weighted by Gasteiger charge is -2.09. The van der Waals surface area contributed by atoms with Gasteiger partial charge in [0.15, 0.2) is 11.5 Å². The van der Waals surface area contributed by atoms with Crippen LogP contribution in [0.3, 0.4) is 0 Å². The van der Waals surface area contributed by atoms with Crippen molar-refractivity contribution in [3.05, 3.63) is 53.6 Å². The van der Waals surface area contributed by atoms with Gasteiger partial charge in [-0.3, -0.25) is 4.79 Å². The van der Waals surface area contributed by atoms with E-state index in [-0.39, 0.29) is 12.3 Å². The van der Waals surface area contributed by atoms with Gasteiger partial charge in [0, 0.05) is 5.56 Å². The second-order valence-corrected chi connectivity index (χ2v) is 5.36. The van der Waals surface area contributed by atoms with Gasteiger partial charge in [-0.15, -0.1) is 0 Å². The molecule has 27 heavy (non-hydrogen) atoms. The Labute approximate surface area is 156 Å². The molecule has 0 bridgehead atoms. The van der Waals surface area contributed by atoms with Gasteiger partial charge in [0.2, 0.25) is 5.91 Å². The predicted molar refractivity (Wildman–Crippen MR) is 95.9 cm³/mol. The van der Waals surface area contributed by atoms with Crippen molar-refractivity contribution in [2.24, 2.45) is 5.10 Å². The third kappa shape index (κ3) is 6.03. The number of carbonyl (C=O) groups excluding carboxylic acids is 2. The number of ether oxygens (including phenoxy) is 3. The molecule has 142 valence electrons. The minimum Gasteiger partial charge on any atom is -0.546 e. The first-order chi connectivity index (χ1) is 13.0. The number of methoxy groups -OCH3 is 2. The summed E-state index contributed by atoms with van der Waals surface area (Å²) in [5.74, 6) is -0.227. The highest BCUT2D eigenvalue weighted by atomic mass is 16.5. The van der Waals surface area contributed by atoms with Crippen molar-refractivity contribution in [3.63, 3.8) is 0 Å². The SMILES string of the molecule is COc1ccc(CC(=O)N/N=C\c2ccccc2OCC(=O)[O-])cc1OC. The van der Waals surface area contributed by atoms with E-state index < -0.39 is 12.6 Å². The molecule has 1 N–H and O–H groups in total. The Hall–Kier alpha value is -3.55. The fourth-order valence-electron chi connectivity index (χ4n) is 2.24. The number of benzene rings is 2. The monoisotopic (exact) mass is 371 g/mol. The second kappa shape index (κ2) is 9.81. The van der Waals surface area contributed by atoms with E-state index in [1.54, 1.807) is 42.5 Å². The maximum atomic E-state index is 12.0. The van der Waals surface area contributed by atoms with Crippen LogP contribution < -0.4 is 24.7 Å². The van der Waals surface area contributed by atoms with E-state index in [1.807, 2.05) is 0 Å². The molecule has 0 aliphatic carbocycles. The third-order valence-electron chi connectivity index (χ3n) is 3.47. The van der Waals surface area contributed by atoms with E-state index in [0.717, 1.165) is 5.56 Å².